The van der Waals surface area contributed by atoms with Crippen molar-refractivity contribution in [2.45, 2.75) is 0 Å². The number of aromatic amines is 1. The fraction of sp³-hybridized carbons (Fsp3) is 0. The van der Waals surface area contributed by atoms with Crippen molar-refractivity contribution in [1.82, 2.24) is 4.98 Å². The average Bonchev–Trinajstić information content (AvgIpc) is 3.09. The van der Waals surface area contributed by atoms with Gasteiger partial charge in [0.25, 0.3) is 0 Å². The van der Waals surface area contributed by atoms with Crippen LogP contribution in [-0.2, 0) is 0 Å². The fourth-order valence-corrected chi connectivity index (χ4v) is 3.67. The van der Waals surface area contributed by atoms with Gasteiger partial charge in [0.05, 0.1) is 16.9 Å². The molecule has 0 unspecified atom stereocenters. The Morgan fingerprint density at radius 1 is 0.893 bits per heavy atom. The maximum atomic E-state index is 12.9. The molecule has 28 heavy (non-hydrogen) atoms. The van der Waals surface area contributed by atoms with Gasteiger partial charge in [0.1, 0.15) is 11.0 Å². The molecule has 2 N–H and O–H groups in total. The second kappa shape index (κ2) is 6.59. The topological polar surface area (TPSA) is 58.0 Å². The predicted molar refractivity (Wildman–Crippen MR) is 115 cm³/mol. The van der Waals surface area contributed by atoms with Crippen molar-refractivity contribution in [3.8, 4) is 11.3 Å². The Morgan fingerprint density at radius 2 is 1.68 bits per heavy atom. The molecule has 0 amide bonds. The number of fused-ring (bicyclic) bond motifs is 3. The van der Waals surface area contributed by atoms with Crippen LogP contribution in [0.2, 0.25) is 5.02 Å². The number of nitrogens with one attached hydrogen (secondary N) is 2. The van der Waals surface area contributed by atoms with Crippen LogP contribution < -0.4 is 10.9 Å². The van der Waals surface area contributed by atoms with Crippen molar-refractivity contribution in [2.24, 2.45) is 0 Å². The molecule has 136 valence electrons. The summed E-state index contributed by atoms with van der Waals surface area (Å²) in [6.45, 7) is 0. The van der Waals surface area contributed by atoms with Gasteiger partial charge < -0.3 is 14.7 Å². The number of H-pyrrole nitrogens is 1. The second-order valence-electron chi connectivity index (χ2n) is 6.51. The van der Waals surface area contributed by atoms with Crippen LogP contribution in [0.15, 0.2) is 88.1 Å². The third-order valence-corrected chi connectivity index (χ3v) is 4.95. The van der Waals surface area contributed by atoms with Gasteiger partial charge in [0, 0.05) is 21.7 Å². The monoisotopic (exact) mass is 386 g/mol. The quantitative estimate of drug-likeness (QED) is 0.356. The lowest BCUT2D eigenvalue weighted by atomic mass is 10.1. The molecule has 0 aliphatic heterocycles. The molecule has 5 rings (SSSR count). The van der Waals surface area contributed by atoms with E-state index in [1.54, 1.807) is 6.07 Å². The highest BCUT2D eigenvalue weighted by Crippen LogP contribution is 2.38. The number of aromatic nitrogens is 1. The Balaban J connectivity index is 1.85. The van der Waals surface area contributed by atoms with E-state index >= 15 is 0 Å². The van der Waals surface area contributed by atoms with Crippen LogP contribution in [0.5, 0.6) is 0 Å². The molecule has 0 atom stereocenters. The first-order chi connectivity index (χ1) is 13.7. The van der Waals surface area contributed by atoms with Crippen molar-refractivity contribution in [1.29, 1.82) is 0 Å². The Hall–Kier alpha value is -3.50. The molecule has 5 heteroatoms. The predicted octanol–water partition coefficient (Wildman–Crippen LogP) is 6.34. The maximum absolute atomic E-state index is 12.9. The van der Waals surface area contributed by atoms with Crippen LogP contribution in [0.3, 0.4) is 0 Å². The molecule has 0 bridgehead atoms. The van der Waals surface area contributed by atoms with Crippen LogP contribution >= 0.6 is 11.6 Å². The van der Waals surface area contributed by atoms with E-state index in [1.165, 1.54) is 0 Å². The number of halogens is 1. The average molecular weight is 387 g/mol. The zero-order valence-electron chi connectivity index (χ0n) is 14.7. The standard InChI is InChI=1S/C23H15ClN2O2/c24-15-9-6-10-16(13-15)25-22-19-21(26-20(22)14-7-2-1-3-8-14)17-11-4-5-12-18(17)28-23(19)27/h1-13,25-26H. The van der Waals surface area contributed by atoms with E-state index in [-0.39, 0.29) is 0 Å². The summed E-state index contributed by atoms with van der Waals surface area (Å²) in [6.07, 6.45) is 0. The zero-order chi connectivity index (χ0) is 19.1. The molecule has 2 heterocycles. The first-order valence-corrected chi connectivity index (χ1v) is 9.24. The molecule has 2 aromatic heterocycles. The van der Waals surface area contributed by atoms with Gasteiger partial charge in [-0.1, -0.05) is 60.1 Å². The van der Waals surface area contributed by atoms with E-state index in [1.807, 2.05) is 72.8 Å². The van der Waals surface area contributed by atoms with Crippen molar-refractivity contribution < 1.29 is 4.42 Å². The minimum atomic E-state index is -0.392. The lowest BCUT2D eigenvalue weighted by molar-refractivity contribution is 0.570. The van der Waals surface area contributed by atoms with Crippen molar-refractivity contribution >= 4 is 44.8 Å². The molecular weight excluding hydrogens is 372 g/mol. The molecule has 3 aromatic carbocycles. The van der Waals surface area contributed by atoms with E-state index in [0.717, 1.165) is 27.8 Å². The Morgan fingerprint density at radius 3 is 2.50 bits per heavy atom. The molecular formula is C23H15ClN2O2. The third-order valence-electron chi connectivity index (χ3n) is 4.72. The van der Waals surface area contributed by atoms with Gasteiger partial charge in [-0.15, -0.1) is 0 Å². The molecule has 0 aliphatic rings. The van der Waals surface area contributed by atoms with E-state index in [9.17, 15) is 4.79 Å². The maximum Gasteiger partial charge on any atom is 0.347 e. The molecule has 5 aromatic rings. The summed E-state index contributed by atoms with van der Waals surface area (Å²) in [5.41, 5.74) is 4.15. The molecule has 0 saturated heterocycles. The molecule has 4 nitrogen and oxygen atoms in total. The minimum absolute atomic E-state index is 0.392. The van der Waals surface area contributed by atoms with Crippen molar-refractivity contribution in [3.05, 3.63) is 94.3 Å². The van der Waals surface area contributed by atoms with Gasteiger partial charge in [-0.25, -0.2) is 4.79 Å². The summed E-state index contributed by atoms with van der Waals surface area (Å²) < 4.78 is 5.58. The normalized spacial score (nSPS) is 11.2. The van der Waals surface area contributed by atoms with Crippen molar-refractivity contribution in [3.63, 3.8) is 0 Å². The Bertz CT molecular complexity index is 1370. The highest BCUT2D eigenvalue weighted by Gasteiger charge is 2.19. The summed E-state index contributed by atoms with van der Waals surface area (Å²) in [6, 6.07) is 24.8. The summed E-state index contributed by atoms with van der Waals surface area (Å²) in [4.78, 5) is 16.3. The smallest absolute Gasteiger partial charge is 0.347 e. The van der Waals surface area contributed by atoms with Crippen LogP contribution in [0, 0.1) is 0 Å². The first-order valence-electron chi connectivity index (χ1n) is 8.86. The summed E-state index contributed by atoms with van der Waals surface area (Å²) in [7, 11) is 0. The van der Waals surface area contributed by atoms with Gasteiger partial charge in [-0.3, -0.25) is 0 Å². The van der Waals surface area contributed by atoms with Crippen LogP contribution in [-0.4, -0.2) is 4.98 Å². The summed E-state index contributed by atoms with van der Waals surface area (Å²) in [5, 5.41) is 5.32. The van der Waals surface area contributed by atoms with Crippen LogP contribution in [0.1, 0.15) is 0 Å². The van der Waals surface area contributed by atoms with E-state index in [0.29, 0.717) is 21.7 Å². The number of para-hydroxylation sites is 1. The van der Waals surface area contributed by atoms with Crippen LogP contribution in [0.25, 0.3) is 33.1 Å². The number of anilines is 2. The van der Waals surface area contributed by atoms with Gasteiger partial charge in [-0.05, 0) is 30.3 Å². The number of rotatable bonds is 3. The third kappa shape index (κ3) is 2.75. The number of hydrogen-bond donors (Lipinski definition) is 2. The van der Waals surface area contributed by atoms with Crippen LogP contribution in [0.4, 0.5) is 11.4 Å². The van der Waals surface area contributed by atoms with Crippen molar-refractivity contribution in [2.75, 3.05) is 5.32 Å². The summed E-state index contributed by atoms with van der Waals surface area (Å²) in [5.74, 6) is 0. The Labute approximate surface area is 165 Å². The highest BCUT2D eigenvalue weighted by atomic mass is 35.5. The van der Waals surface area contributed by atoms with Gasteiger partial charge in [0.2, 0.25) is 0 Å². The Kier molecular flexibility index (Phi) is 3.92. The van der Waals surface area contributed by atoms with E-state index in [4.69, 9.17) is 16.0 Å². The van der Waals surface area contributed by atoms with E-state index in [2.05, 4.69) is 10.3 Å². The molecule has 0 radical (unpaired) electrons. The minimum Gasteiger partial charge on any atom is -0.422 e. The van der Waals surface area contributed by atoms with E-state index < -0.39 is 5.63 Å². The fourth-order valence-electron chi connectivity index (χ4n) is 3.48. The molecule has 0 fully saturated rings. The summed E-state index contributed by atoms with van der Waals surface area (Å²) >= 11 is 6.14. The SMILES string of the molecule is O=c1oc2ccccc2c2[nH]c(-c3ccccc3)c(Nc3cccc(Cl)c3)c12. The first kappa shape index (κ1) is 16.7. The second-order valence-corrected chi connectivity index (χ2v) is 6.95. The molecule has 0 aliphatic carbocycles. The van der Waals surface area contributed by atoms with Gasteiger partial charge in [0.15, 0.2) is 0 Å². The lowest BCUT2D eigenvalue weighted by Crippen LogP contribution is -2.01. The largest absolute Gasteiger partial charge is 0.422 e. The molecule has 0 spiro atoms. The van der Waals surface area contributed by atoms with Gasteiger partial charge >= 0.3 is 5.63 Å². The number of benzene rings is 3. The lowest BCUT2D eigenvalue weighted by Gasteiger charge is -2.09. The van der Waals surface area contributed by atoms with Gasteiger partial charge in [-0.2, -0.15) is 0 Å². The highest BCUT2D eigenvalue weighted by molar-refractivity contribution is 6.30. The molecule has 0 saturated carbocycles. The number of hydrogen-bond acceptors (Lipinski definition) is 3. The zero-order valence-corrected chi connectivity index (χ0v) is 15.5.